The van der Waals surface area contributed by atoms with Gasteiger partial charge in [-0.05, 0) is 37.9 Å². The van der Waals surface area contributed by atoms with Crippen LogP contribution in [0.15, 0.2) is 72.6 Å². The monoisotopic (exact) mass is 269 g/mol. The van der Waals surface area contributed by atoms with Crippen LogP contribution in [-0.2, 0) is 0 Å². The Bertz CT molecular complexity index is 480. The minimum atomic E-state index is -0.481. The van der Waals surface area contributed by atoms with Crippen molar-refractivity contribution in [2.75, 3.05) is 20.6 Å². The highest BCUT2D eigenvalue weighted by atomic mass is 31.1. The van der Waals surface area contributed by atoms with E-state index in [1.807, 2.05) is 0 Å². The lowest BCUT2D eigenvalue weighted by Gasteiger charge is -2.23. The number of rotatable bonds is 5. The lowest BCUT2D eigenvalue weighted by molar-refractivity contribution is 0.453. The standard InChI is InChI=1S/C17H20NP/c1-15(14-18(2)3)19(16-10-6-4-7-11-16)17-12-8-5-9-13-17/h4-13H,1,14H2,2-3H3. The quantitative estimate of drug-likeness (QED) is 0.753. The number of likely N-dealkylation sites (N-methyl/N-ethyl adjacent to an activating group) is 1. The van der Waals surface area contributed by atoms with Crippen LogP contribution >= 0.6 is 7.92 Å². The Kier molecular flexibility index (Phi) is 4.90. The van der Waals surface area contributed by atoms with Crippen LogP contribution in [0.5, 0.6) is 0 Å². The molecule has 19 heavy (non-hydrogen) atoms. The zero-order valence-electron chi connectivity index (χ0n) is 11.6. The van der Waals surface area contributed by atoms with Crippen molar-refractivity contribution in [2.45, 2.75) is 0 Å². The van der Waals surface area contributed by atoms with Crippen molar-refractivity contribution in [3.63, 3.8) is 0 Å². The summed E-state index contributed by atoms with van der Waals surface area (Å²) in [5.41, 5.74) is 0. The molecule has 98 valence electrons. The van der Waals surface area contributed by atoms with Gasteiger partial charge in [0.15, 0.2) is 0 Å². The Balaban J connectivity index is 2.37. The average Bonchev–Trinajstić information content (AvgIpc) is 2.40. The fraction of sp³-hybridized carbons (Fsp3) is 0.176. The molecule has 0 amide bonds. The molecule has 0 fully saturated rings. The van der Waals surface area contributed by atoms with Crippen LogP contribution in [0.2, 0.25) is 0 Å². The second kappa shape index (κ2) is 6.65. The van der Waals surface area contributed by atoms with E-state index >= 15 is 0 Å². The van der Waals surface area contributed by atoms with E-state index in [9.17, 15) is 0 Å². The maximum atomic E-state index is 4.34. The Labute approximate surface area is 117 Å². The van der Waals surface area contributed by atoms with Gasteiger partial charge in [-0.15, -0.1) is 0 Å². The van der Waals surface area contributed by atoms with Crippen LogP contribution < -0.4 is 10.6 Å². The van der Waals surface area contributed by atoms with Gasteiger partial charge in [0.25, 0.3) is 0 Å². The Morgan fingerprint density at radius 3 is 1.68 bits per heavy atom. The highest BCUT2D eigenvalue weighted by molar-refractivity contribution is 7.76. The van der Waals surface area contributed by atoms with E-state index in [-0.39, 0.29) is 0 Å². The topological polar surface area (TPSA) is 3.24 Å². The van der Waals surface area contributed by atoms with E-state index in [0.717, 1.165) is 6.54 Å². The molecule has 2 aromatic rings. The average molecular weight is 269 g/mol. The highest BCUT2D eigenvalue weighted by Crippen LogP contribution is 2.41. The number of hydrogen-bond acceptors (Lipinski definition) is 1. The van der Waals surface area contributed by atoms with Crippen molar-refractivity contribution < 1.29 is 0 Å². The van der Waals surface area contributed by atoms with Crippen molar-refractivity contribution in [2.24, 2.45) is 0 Å². The number of hydrogen-bond donors (Lipinski definition) is 0. The van der Waals surface area contributed by atoms with Gasteiger partial charge in [-0.3, -0.25) is 0 Å². The smallest absolute Gasteiger partial charge is 0.0232 e. The maximum absolute atomic E-state index is 4.34. The van der Waals surface area contributed by atoms with Crippen molar-refractivity contribution in [1.29, 1.82) is 0 Å². The fourth-order valence-corrected chi connectivity index (χ4v) is 4.50. The molecule has 0 aliphatic carbocycles. The van der Waals surface area contributed by atoms with Gasteiger partial charge in [-0.2, -0.15) is 0 Å². The molecule has 2 rings (SSSR count). The van der Waals surface area contributed by atoms with E-state index in [1.54, 1.807) is 0 Å². The molecule has 0 radical (unpaired) electrons. The van der Waals surface area contributed by atoms with Crippen molar-refractivity contribution in [3.05, 3.63) is 72.6 Å². The highest BCUT2D eigenvalue weighted by Gasteiger charge is 2.17. The summed E-state index contributed by atoms with van der Waals surface area (Å²) in [6.07, 6.45) is 0. The van der Waals surface area contributed by atoms with Gasteiger partial charge in [0.05, 0.1) is 0 Å². The molecule has 2 aromatic carbocycles. The first kappa shape index (κ1) is 14.0. The minimum Gasteiger partial charge on any atom is -0.305 e. The normalized spacial score (nSPS) is 10.9. The molecule has 0 atom stereocenters. The van der Waals surface area contributed by atoms with E-state index in [4.69, 9.17) is 0 Å². The van der Waals surface area contributed by atoms with Gasteiger partial charge >= 0.3 is 0 Å². The van der Waals surface area contributed by atoms with Gasteiger partial charge < -0.3 is 4.90 Å². The first-order valence-electron chi connectivity index (χ1n) is 6.41. The van der Waals surface area contributed by atoms with Gasteiger partial charge in [0, 0.05) is 6.54 Å². The predicted molar refractivity (Wildman–Crippen MR) is 86.8 cm³/mol. The Hall–Kier alpha value is -1.43. The summed E-state index contributed by atoms with van der Waals surface area (Å²) in [7, 11) is 3.70. The first-order chi connectivity index (χ1) is 9.18. The zero-order valence-corrected chi connectivity index (χ0v) is 12.5. The molecule has 0 aromatic heterocycles. The van der Waals surface area contributed by atoms with Gasteiger partial charge in [0.1, 0.15) is 0 Å². The van der Waals surface area contributed by atoms with Crippen molar-refractivity contribution >= 4 is 18.5 Å². The predicted octanol–water partition coefficient (Wildman–Crippen LogP) is 3.19. The summed E-state index contributed by atoms with van der Waals surface area (Å²) >= 11 is 0. The SMILES string of the molecule is C=C(CN(C)C)P(c1ccccc1)c1ccccc1. The van der Waals surface area contributed by atoms with E-state index in [0.29, 0.717) is 0 Å². The number of nitrogens with zero attached hydrogens (tertiary/aromatic N) is 1. The maximum Gasteiger partial charge on any atom is 0.0232 e. The van der Waals surface area contributed by atoms with E-state index in [2.05, 4.69) is 86.2 Å². The van der Waals surface area contributed by atoms with Crippen LogP contribution in [0.3, 0.4) is 0 Å². The molecule has 0 N–H and O–H groups in total. The number of benzene rings is 2. The van der Waals surface area contributed by atoms with Crippen LogP contribution in [0.4, 0.5) is 0 Å². The molecule has 0 heterocycles. The molecule has 0 aliphatic rings. The largest absolute Gasteiger partial charge is 0.305 e. The third kappa shape index (κ3) is 3.76. The third-order valence-electron chi connectivity index (χ3n) is 2.84. The van der Waals surface area contributed by atoms with Crippen molar-refractivity contribution in [3.8, 4) is 0 Å². The van der Waals surface area contributed by atoms with Gasteiger partial charge in [-0.1, -0.05) is 67.2 Å². The van der Waals surface area contributed by atoms with Gasteiger partial charge in [-0.25, -0.2) is 0 Å². The van der Waals surface area contributed by atoms with Crippen LogP contribution in [0.25, 0.3) is 0 Å². The lowest BCUT2D eigenvalue weighted by atomic mass is 10.4. The Morgan fingerprint density at radius 2 is 1.32 bits per heavy atom. The van der Waals surface area contributed by atoms with Crippen LogP contribution in [0, 0.1) is 0 Å². The van der Waals surface area contributed by atoms with Crippen LogP contribution in [-0.4, -0.2) is 25.5 Å². The first-order valence-corrected chi connectivity index (χ1v) is 7.75. The molecule has 2 heteroatoms. The molecule has 0 spiro atoms. The molecule has 0 saturated heterocycles. The summed E-state index contributed by atoms with van der Waals surface area (Å²) in [5.74, 6) is 0. The molecule has 0 saturated carbocycles. The zero-order chi connectivity index (χ0) is 13.7. The summed E-state index contributed by atoms with van der Waals surface area (Å²) in [6, 6.07) is 21.4. The van der Waals surface area contributed by atoms with Gasteiger partial charge in [0.2, 0.25) is 0 Å². The molecule has 0 unspecified atom stereocenters. The molecular weight excluding hydrogens is 249 g/mol. The minimum absolute atomic E-state index is 0.481. The van der Waals surface area contributed by atoms with E-state index in [1.165, 1.54) is 15.9 Å². The van der Waals surface area contributed by atoms with Crippen LogP contribution in [0.1, 0.15) is 0 Å². The molecule has 0 aliphatic heterocycles. The summed E-state index contributed by atoms with van der Waals surface area (Å²) < 4.78 is 0. The summed E-state index contributed by atoms with van der Waals surface area (Å²) in [6.45, 7) is 5.26. The summed E-state index contributed by atoms with van der Waals surface area (Å²) in [4.78, 5) is 2.18. The van der Waals surface area contributed by atoms with Crippen molar-refractivity contribution in [1.82, 2.24) is 4.90 Å². The Morgan fingerprint density at radius 1 is 0.895 bits per heavy atom. The molecular formula is C17H20NP. The molecule has 0 bridgehead atoms. The summed E-state index contributed by atoms with van der Waals surface area (Å²) in [5, 5.41) is 4.03. The van der Waals surface area contributed by atoms with E-state index < -0.39 is 7.92 Å². The second-order valence-corrected chi connectivity index (χ2v) is 7.15. The third-order valence-corrected chi connectivity index (χ3v) is 5.25. The molecule has 1 nitrogen and oxygen atoms in total. The fourth-order valence-electron chi connectivity index (χ4n) is 2.10. The second-order valence-electron chi connectivity index (χ2n) is 4.81. The lowest BCUT2D eigenvalue weighted by Crippen LogP contribution is -2.20.